The van der Waals surface area contributed by atoms with Gasteiger partial charge < -0.3 is 10.1 Å². The van der Waals surface area contributed by atoms with Crippen molar-refractivity contribution >= 4 is 23.2 Å². The molecule has 0 fully saturated rings. The Kier molecular flexibility index (Phi) is 5.47. The van der Waals surface area contributed by atoms with Crippen molar-refractivity contribution in [1.82, 2.24) is 0 Å². The van der Waals surface area contributed by atoms with Gasteiger partial charge in [-0.3, -0.25) is 14.4 Å². The molecule has 5 nitrogen and oxygen atoms in total. The highest BCUT2D eigenvalue weighted by Gasteiger charge is 2.17. The van der Waals surface area contributed by atoms with Crippen molar-refractivity contribution in [3.8, 4) is 5.75 Å². The van der Waals surface area contributed by atoms with E-state index in [1.54, 1.807) is 55.5 Å². The van der Waals surface area contributed by atoms with Crippen molar-refractivity contribution in [2.45, 2.75) is 26.9 Å². The Labute approximate surface area is 140 Å². The highest BCUT2D eigenvalue weighted by atomic mass is 16.5. The van der Waals surface area contributed by atoms with Gasteiger partial charge in [-0.2, -0.15) is 0 Å². The molecule has 1 atom stereocenters. The monoisotopic (exact) mass is 325 g/mol. The molecule has 0 saturated heterocycles. The van der Waals surface area contributed by atoms with Gasteiger partial charge in [-0.25, -0.2) is 0 Å². The number of carbonyl (C=O) groups excluding carboxylic acids is 3. The van der Waals surface area contributed by atoms with Crippen molar-refractivity contribution < 1.29 is 19.1 Å². The zero-order valence-electron chi connectivity index (χ0n) is 13.8. The lowest BCUT2D eigenvalue weighted by molar-refractivity contribution is -0.114. The van der Waals surface area contributed by atoms with E-state index in [2.05, 4.69) is 5.32 Å². The molecule has 5 heteroatoms. The van der Waals surface area contributed by atoms with Crippen LogP contribution in [0.5, 0.6) is 5.75 Å². The Morgan fingerprint density at radius 3 is 1.92 bits per heavy atom. The molecule has 1 N–H and O–H groups in total. The summed E-state index contributed by atoms with van der Waals surface area (Å²) in [4.78, 5) is 34.6. The van der Waals surface area contributed by atoms with Gasteiger partial charge >= 0.3 is 0 Å². The van der Waals surface area contributed by atoms with E-state index in [0.29, 0.717) is 22.6 Å². The van der Waals surface area contributed by atoms with E-state index in [1.807, 2.05) is 0 Å². The molecule has 0 unspecified atom stereocenters. The third-order valence-electron chi connectivity index (χ3n) is 3.43. The summed E-state index contributed by atoms with van der Waals surface area (Å²) in [6.45, 7) is 4.59. The van der Waals surface area contributed by atoms with E-state index in [4.69, 9.17) is 4.74 Å². The number of carbonyl (C=O) groups is 3. The van der Waals surface area contributed by atoms with Crippen LogP contribution in [0.15, 0.2) is 48.5 Å². The fraction of sp³-hybridized carbons (Fsp3) is 0.211. The minimum absolute atomic E-state index is 0.0232. The van der Waals surface area contributed by atoms with Gasteiger partial charge in [0.15, 0.2) is 11.9 Å². The molecule has 0 heterocycles. The molecule has 2 rings (SSSR count). The normalized spacial score (nSPS) is 11.5. The van der Waals surface area contributed by atoms with E-state index in [9.17, 15) is 14.4 Å². The predicted octanol–water partition coefficient (Wildman–Crippen LogP) is 3.50. The van der Waals surface area contributed by atoms with E-state index in [-0.39, 0.29) is 17.5 Å². The van der Waals surface area contributed by atoms with E-state index < -0.39 is 6.10 Å². The van der Waals surface area contributed by atoms with Gasteiger partial charge in [-0.05, 0) is 62.4 Å². The van der Waals surface area contributed by atoms with Crippen LogP contribution >= 0.6 is 0 Å². The summed E-state index contributed by atoms with van der Waals surface area (Å²) in [7, 11) is 0. The zero-order valence-corrected chi connectivity index (χ0v) is 13.8. The topological polar surface area (TPSA) is 72.5 Å². The molecule has 0 aliphatic heterocycles. The third-order valence-corrected chi connectivity index (χ3v) is 3.43. The number of rotatable bonds is 6. The lowest BCUT2D eigenvalue weighted by atomic mass is 10.1. The fourth-order valence-electron chi connectivity index (χ4n) is 2.18. The first-order chi connectivity index (χ1) is 11.4. The third kappa shape index (κ3) is 4.52. The van der Waals surface area contributed by atoms with Crippen LogP contribution in [-0.4, -0.2) is 23.6 Å². The van der Waals surface area contributed by atoms with Crippen LogP contribution in [0.1, 0.15) is 41.5 Å². The molecule has 0 aromatic heterocycles. The highest BCUT2D eigenvalue weighted by Crippen LogP contribution is 2.17. The first kappa shape index (κ1) is 17.4. The maximum Gasteiger partial charge on any atom is 0.221 e. The van der Waals surface area contributed by atoms with Crippen LogP contribution in [0.4, 0.5) is 5.69 Å². The number of benzene rings is 2. The SMILES string of the molecule is CC(=O)Nc1ccc(C(=O)[C@@H](C)Oc2ccc(C(C)=O)cc2)cc1. The highest BCUT2D eigenvalue weighted by molar-refractivity contribution is 6.00. The molecule has 1 amide bonds. The second-order valence-corrected chi connectivity index (χ2v) is 5.46. The van der Waals surface area contributed by atoms with Crippen LogP contribution in [0, 0.1) is 0 Å². The van der Waals surface area contributed by atoms with Gasteiger partial charge in [-0.15, -0.1) is 0 Å². The van der Waals surface area contributed by atoms with Gasteiger partial charge in [0.1, 0.15) is 5.75 Å². The number of Topliss-reactive ketones (excluding diaryl/α,β-unsaturated/α-hetero) is 2. The summed E-state index contributed by atoms with van der Waals surface area (Å²) in [5.41, 5.74) is 1.72. The summed E-state index contributed by atoms with van der Waals surface area (Å²) >= 11 is 0. The van der Waals surface area contributed by atoms with E-state index >= 15 is 0 Å². The van der Waals surface area contributed by atoms with Crippen LogP contribution in [0.3, 0.4) is 0 Å². The van der Waals surface area contributed by atoms with Gasteiger partial charge in [0, 0.05) is 23.7 Å². The molecule has 0 radical (unpaired) electrons. The largest absolute Gasteiger partial charge is 0.483 e. The van der Waals surface area contributed by atoms with Crippen molar-refractivity contribution in [3.63, 3.8) is 0 Å². The second-order valence-electron chi connectivity index (χ2n) is 5.46. The number of nitrogens with one attached hydrogen (secondary N) is 1. The molecule has 24 heavy (non-hydrogen) atoms. The molecular weight excluding hydrogens is 306 g/mol. The molecule has 0 saturated carbocycles. The summed E-state index contributed by atoms with van der Waals surface area (Å²) in [6, 6.07) is 13.3. The summed E-state index contributed by atoms with van der Waals surface area (Å²) in [5, 5.41) is 2.65. The Balaban J connectivity index is 2.03. The first-order valence-electron chi connectivity index (χ1n) is 7.56. The average Bonchev–Trinajstić information content (AvgIpc) is 2.54. The lowest BCUT2D eigenvalue weighted by Gasteiger charge is -2.14. The molecule has 0 spiro atoms. The number of hydrogen-bond donors (Lipinski definition) is 1. The Bertz CT molecular complexity index is 748. The minimum atomic E-state index is -0.667. The van der Waals surface area contributed by atoms with Gasteiger partial charge in [0.05, 0.1) is 0 Å². The Hall–Kier alpha value is -2.95. The molecule has 0 aliphatic rings. The maximum absolute atomic E-state index is 12.4. The molecule has 2 aromatic carbocycles. The Morgan fingerprint density at radius 1 is 0.875 bits per heavy atom. The summed E-state index contributed by atoms with van der Waals surface area (Å²) in [6.07, 6.45) is -0.667. The van der Waals surface area contributed by atoms with Crippen LogP contribution in [0.2, 0.25) is 0 Å². The van der Waals surface area contributed by atoms with Crippen molar-refractivity contribution in [3.05, 3.63) is 59.7 Å². The second kappa shape index (κ2) is 7.55. The average molecular weight is 325 g/mol. The smallest absolute Gasteiger partial charge is 0.221 e. The van der Waals surface area contributed by atoms with Crippen LogP contribution < -0.4 is 10.1 Å². The van der Waals surface area contributed by atoms with Crippen LogP contribution in [0.25, 0.3) is 0 Å². The predicted molar refractivity (Wildman–Crippen MR) is 91.6 cm³/mol. The van der Waals surface area contributed by atoms with Gasteiger partial charge in [-0.1, -0.05) is 0 Å². The number of amides is 1. The number of ketones is 2. The first-order valence-corrected chi connectivity index (χ1v) is 7.56. The number of anilines is 1. The molecule has 2 aromatic rings. The fourth-order valence-corrected chi connectivity index (χ4v) is 2.18. The molecule has 124 valence electrons. The number of hydrogen-bond acceptors (Lipinski definition) is 4. The number of ether oxygens (including phenoxy) is 1. The summed E-state index contributed by atoms with van der Waals surface area (Å²) < 4.78 is 5.63. The summed E-state index contributed by atoms with van der Waals surface area (Å²) in [5.74, 6) is 0.167. The zero-order chi connectivity index (χ0) is 17.7. The van der Waals surface area contributed by atoms with Crippen LogP contribution in [-0.2, 0) is 4.79 Å². The molecule has 0 bridgehead atoms. The van der Waals surface area contributed by atoms with Gasteiger partial charge in [0.2, 0.25) is 11.7 Å². The maximum atomic E-state index is 12.4. The molecule has 0 aliphatic carbocycles. The quantitative estimate of drug-likeness (QED) is 0.825. The lowest BCUT2D eigenvalue weighted by Crippen LogP contribution is -2.23. The standard InChI is InChI=1S/C19H19NO4/c1-12(21)15-6-10-18(11-7-15)24-13(2)19(23)16-4-8-17(9-5-16)20-14(3)22/h4-11,13H,1-3H3,(H,20,22)/t13-/m1/s1. The van der Waals surface area contributed by atoms with Crippen molar-refractivity contribution in [2.24, 2.45) is 0 Å². The Morgan fingerprint density at radius 2 is 1.42 bits per heavy atom. The van der Waals surface area contributed by atoms with Crippen molar-refractivity contribution in [2.75, 3.05) is 5.32 Å². The molecular formula is C19H19NO4. The van der Waals surface area contributed by atoms with Gasteiger partial charge in [0.25, 0.3) is 0 Å². The van der Waals surface area contributed by atoms with E-state index in [0.717, 1.165) is 0 Å². The minimum Gasteiger partial charge on any atom is -0.483 e. The van der Waals surface area contributed by atoms with E-state index in [1.165, 1.54) is 13.8 Å². The van der Waals surface area contributed by atoms with Crippen molar-refractivity contribution in [1.29, 1.82) is 0 Å².